The van der Waals surface area contributed by atoms with Crippen LogP contribution >= 0.6 is 11.3 Å². The van der Waals surface area contributed by atoms with Crippen molar-refractivity contribution in [2.45, 2.75) is 13.3 Å². The van der Waals surface area contributed by atoms with Crippen molar-refractivity contribution in [1.82, 2.24) is 9.97 Å². The molecule has 3 aromatic rings. The largest absolute Gasteiger partial charge is 0.324 e. The van der Waals surface area contributed by atoms with Gasteiger partial charge in [0.05, 0.1) is 15.9 Å². The van der Waals surface area contributed by atoms with E-state index in [2.05, 4.69) is 22.2 Å². The molecule has 0 aliphatic carbocycles. The molecule has 4 nitrogen and oxygen atoms in total. The molecule has 0 saturated carbocycles. The summed E-state index contributed by atoms with van der Waals surface area (Å²) < 4.78 is 0. The first-order valence-corrected chi connectivity index (χ1v) is 6.92. The summed E-state index contributed by atoms with van der Waals surface area (Å²) in [5.74, 6) is 0.362. The van der Waals surface area contributed by atoms with E-state index in [1.807, 2.05) is 36.4 Å². The van der Waals surface area contributed by atoms with Crippen molar-refractivity contribution in [3.05, 3.63) is 46.2 Å². The molecular weight excluding hydrogens is 258 g/mol. The molecule has 0 unspecified atom stereocenters. The predicted molar refractivity (Wildman–Crippen MR) is 77.7 cm³/mol. The first-order chi connectivity index (χ1) is 9.26. The minimum Gasteiger partial charge on any atom is -0.324 e. The van der Waals surface area contributed by atoms with Crippen LogP contribution in [0.3, 0.4) is 0 Å². The second-order valence-electron chi connectivity index (χ2n) is 4.18. The number of hydrogen-bond acceptors (Lipinski definition) is 3. The minimum absolute atomic E-state index is 0.122. The van der Waals surface area contributed by atoms with Crippen LogP contribution in [0, 0.1) is 0 Å². The van der Waals surface area contributed by atoms with E-state index in [9.17, 15) is 4.79 Å². The molecule has 3 rings (SSSR count). The third-order valence-electron chi connectivity index (χ3n) is 2.86. The Morgan fingerprint density at radius 2 is 2.16 bits per heavy atom. The fourth-order valence-electron chi connectivity index (χ4n) is 1.87. The number of amides is 1. The van der Waals surface area contributed by atoms with Gasteiger partial charge in [0.1, 0.15) is 0 Å². The van der Waals surface area contributed by atoms with Gasteiger partial charge >= 0.3 is 0 Å². The number of nitrogens with zero attached hydrogens (tertiary/aromatic N) is 1. The molecule has 0 atom stereocenters. The summed E-state index contributed by atoms with van der Waals surface area (Å²) in [6.07, 6.45) is 0.947. The molecule has 0 bridgehead atoms. The van der Waals surface area contributed by atoms with Crippen LogP contribution in [0.4, 0.5) is 5.95 Å². The number of carbonyl (C=O) groups is 1. The molecule has 5 heteroatoms. The zero-order valence-corrected chi connectivity index (χ0v) is 11.3. The van der Waals surface area contributed by atoms with Crippen molar-refractivity contribution in [2.24, 2.45) is 0 Å². The van der Waals surface area contributed by atoms with Crippen LogP contribution in [0.25, 0.3) is 11.0 Å². The van der Waals surface area contributed by atoms with E-state index < -0.39 is 0 Å². The number of para-hydroxylation sites is 2. The fraction of sp³-hybridized carbons (Fsp3) is 0.143. The maximum absolute atomic E-state index is 12.1. The Bertz CT molecular complexity index is 696. The van der Waals surface area contributed by atoms with Gasteiger partial charge in [0.15, 0.2) is 0 Å². The lowest BCUT2D eigenvalue weighted by Crippen LogP contribution is -2.11. The zero-order chi connectivity index (χ0) is 13.2. The first-order valence-electron chi connectivity index (χ1n) is 6.11. The van der Waals surface area contributed by atoms with Gasteiger partial charge in [0, 0.05) is 4.88 Å². The Kier molecular flexibility index (Phi) is 3.05. The van der Waals surface area contributed by atoms with Gasteiger partial charge in [-0.05, 0) is 30.7 Å². The third-order valence-corrected chi connectivity index (χ3v) is 4.08. The number of hydrogen-bond donors (Lipinski definition) is 2. The Morgan fingerprint density at radius 3 is 2.89 bits per heavy atom. The summed E-state index contributed by atoms with van der Waals surface area (Å²) in [7, 11) is 0. The van der Waals surface area contributed by atoms with E-state index in [1.165, 1.54) is 16.2 Å². The maximum atomic E-state index is 12.1. The first kappa shape index (κ1) is 11.9. The number of anilines is 1. The summed E-state index contributed by atoms with van der Waals surface area (Å²) in [6, 6.07) is 11.5. The lowest BCUT2D eigenvalue weighted by Gasteiger charge is -1.97. The van der Waals surface area contributed by atoms with E-state index in [0.717, 1.165) is 17.5 Å². The predicted octanol–water partition coefficient (Wildman–Crippen LogP) is 3.44. The lowest BCUT2D eigenvalue weighted by atomic mass is 10.3. The van der Waals surface area contributed by atoms with Crippen LogP contribution < -0.4 is 5.32 Å². The van der Waals surface area contributed by atoms with Crippen LogP contribution in [0.5, 0.6) is 0 Å². The second-order valence-corrected chi connectivity index (χ2v) is 5.34. The number of aromatic nitrogens is 2. The summed E-state index contributed by atoms with van der Waals surface area (Å²) >= 11 is 1.51. The zero-order valence-electron chi connectivity index (χ0n) is 10.4. The van der Waals surface area contributed by atoms with Crippen molar-refractivity contribution < 1.29 is 4.79 Å². The molecule has 0 fully saturated rings. The summed E-state index contributed by atoms with van der Waals surface area (Å²) in [5, 5.41) is 2.79. The molecule has 0 spiro atoms. The standard InChI is InChI=1S/C14H13N3OS/c1-2-9-7-8-12(19-9)13(18)17-14-15-10-5-3-4-6-11(10)16-14/h3-8H,2H2,1H3,(H2,15,16,17,18). The molecule has 0 aliphatic rings. The molecule has 2 heterocycles. The highest BCUT2D eigenvalue weighted by Crippen LogP contribution is 2.19. The molecule has 96 valence electrons. The normalized spacial score (nSPS) is 10.8. The van der Waals surface area contributed by atoms with Gasteiger partial charge < -0.3 is 4.98 Å². The van der Waals surface area contributed by atoms with Crippen molar-refractivity contribution >= 4 is 34.2 Å². The van der Waals surface area contributed by atoms with Crippen LogP contribution in [-0.2, 0) is 6.42 Å². The number of thiophene rings is 1. The molecule has 2 N–H and O–H groups in total. The molecule has 19 heavy (non-hydrogen) atoms. The number of nitrogens with one attached hydrogen (secondary N) is 2. The highest BCUT2D eigenvalue weighted by molar-refractivity contribution is 7.14. The van der Waals surface area contributed by atoms with Crippen LogP contribution in [0.1, 0.15) is 21.5 Å². The van der Waals surface area contributed by atoms with Crippen LogP contribution in [0.15, 0.2) is 36.4 Å². The summed E-state index contributed by atoms with van der Waals surface area (Å²) in [6.45, 7) is 2.08. The highest BCUT2D eigenvalue weighted by Gasteiger charge is 2.11. The molecule has 0 saturated heterocycles. The van der Waals surface area contributed by atoms with Gasteiger partial charge in [0.2, 0.25) is 5.95 Å². The number of carbonyl (C=O) groups excluding carboxylic acids is 1. The van der Waals surface area contributed by atoms with Gasteiger partial charge in [-0.1, -0.05) is 19.1 Å². The topological polar surface area (TPSA) is 57.8 Å². The number of aryl methyl sites for hydroxylation is 1. The number of H-pyrrole nitrogens is 1. The summed E-state index contributed by atoms with van der Waals surface area (Å²) in [5.41, 5.74) is 1.76. The average molecular weight is 271 g/mol. The van der Waals surface area contributed by atoms with Gasteiger partial charge in [-0.2, -0.15) is 0 Å². The number of aromatic amines is 1. The monoisotopic (exact) mass is 271 g/mol. The van der Waals surface area contributed by atoms with Gasteiger partial charge in [-0.3, -0.25) is 10.1 Å². The quantitative estimate of drug-likeness (QED) is 0.766. The summed E-state index contributed by atoms with van der Waals surface area (Å²) in [4.78, 5) is 21.4. The van der Waals surface area contributed by atoms with E-state index in [1.54, 1.807) is 0 Å². The Morgan fingerprint density at radius 1 is 1.32 bits per heavy atom. The molecule has 1 amide bonds. The number of fused-ring (bicyclic) bond motifs is 1. The molecular formula is C14H13N3OS. The van der Waals surface area contributed by atoms with Crippen molar-refractivity contribution in [3.63, 3.8) is 0 Å². The number of rotatable bonds is 3. The lowest BCUT2D eigenvalue weighted by molar-refractivity contribution is 0.103. The van der Waals surface area contributed by atoms with Crippen LogP contribution in [0.2, 0.25) is 0 Å². The van der Waals surface area contributed by atoms with E-state index >= 15 is 0 Å². The van der Waals surface area contributed by atoms with E-state index in [0.29, 0.717) is 10.8 Å². The molecule has 0 radical (unpaired) electrons. The van der Waals surface area contributed by atoms with Gasteiger partial charge in [-0.15, -0.1) is 11.3 Å². The van der Waals surface area contributed by atoms with E-state index in [4.69, 9.17) is 0 Å². The molecule has 1 aromatic carbocycles. The minimum atomic E-state index is -0.122. The van der Waals surface area contributed by atoms with Crippen molar-refractivity contribution in [1.29, 1.82) is 0 Å². The maximum Gasteiger partial charge on any atom is 0.268 e. The average Bonchev–Trinajstić information content (AvgIpc) is 3.04. The van der Waals surface area contributed by atoms with E-state index in [-0.39, 0.29) is 5.91 Å². The van der Waals surface area contributed by atoms with Crippen LogP contribution in [-0.4, -0.2) is 15.9 Å². The Labute approximate surface area is 114 Å². The molecule has 2 aromatic heterocycles. The SMILES string of the molecule is CCc1ccc(C(=O)Nc2nc3ccccc3[nH]2)s1. The number of benzene rings is 1. The van der Waals surface area contributed by atoms with Gasteiger partial charge in [-0.25, -0.2) is 4.98 Å². The highest BCUT2D eigenvalue weighted by atomic mass is 32.1. The van der Waals surface area contributed by atoms with Crippen molar-refractivity contribution in [2.75, 3.05) is 5.32 Å². The Balaban J connectivity index is 1.82. The second kappa shape index (κ2) is 4.85. The fourth-order valence-corrected chi connectivity index (χ4v) is 2.71. The number of imidazole rings is 1. The smallest absolute Gasteiger partial charge is 0.268 e. The van der Waals surface area contributed by atoms with Gasteiger partial charge in [0.25, 0.3) is 5.91 Å². The molecule has 0 aliphatic heterocycles. The Hall–Kier alpha value is -2.14. The van der Waals surface area contributed by atoms with Crippen molar-refractivity contribution in [3.8, 4) is 0 Å². The third kappa shape index (κ3) is 2.37.